The van der Waals surface area contributed by atoms with Gasteiger partial charge in [-0.25, -0.2) is 14.3 Å². The number of methoxy groups -OCH3 is 1. The third kappa shape index (κ3) is 18.0. The quantitative estimate of drug-likeness (QED) is 0.0388. The van der Waals surface area contributed by atoms with E-state index in [1.807, 2.05) is 40.7 Å². The Balaban J connectivity index is -0.000000188. The van der Waals surface area contributed by atoms with Gasteiger partial charge in [0.05, 0.1) is 18.2 Å². The summed E-state index contributed by atoms with van der Waals surface area (Å²) in [6.45, 7) is 16.7. The summed E-state index contributed by atoms with van der Waals surface area (Å²) in [4.78, 5) is 28.1. The first-order chi connectivity index (χ1) is 23.8. The molecule has 0 aromatic carbocycles. The lowest BCUT2D eigenvalue weighted by atomic mass is 9.45. The van der Waals surface area contributed by atoms with E-state index in [0.29, 0.717) is 25.8 Å². The first kappa shape index (κ1) is 70.0. The number of fused-ring (bicyclic) bond motifs is 5. The Morgan fingerprint density at radius 2 is 1.57 bits per heavy atom. The summed E-state index contributed by atoms with van der Waals surface area (Å²) in [5.41, 5.74) is 6.72. The Hall–Kier alpha value is -0.580. The molecule has 0 aromatic heterocycles. The number of allylic oxidation sites excluding steroid dienone is 1. The molecule has 4 rings (SSSR count). The summed E-state index contributed by atoms with van der Waals surface area (Å²) in [5, 5.41) is 42.4. The molecule has 342 valence electrons. The van der Waals surface area contributed by atoms with Crippen molar-refractivity contribution in [1.29, 1.82) is 0 Å². The lowest BCUT2D eigenvalue weighted by molar-refractivity contribution is -0.207. The average Bonchev–Trinajstić information content (AvgIpc) is 3.41. The maximum atomic E-state index is 13.6. The number of azide groups is 1. The molecular weight excluding hydrogens is 825 g/mol. The maximum absolute atomic E-state index is 13.6. The average molecular weight is 907 g/mol. The zero-order valence-electron chi connectivity index (χ0n) is 35.3. The van der Waals surface area contributed by atoms with Crippen LogP contribution < -0.4 is 5.32 Å². The summed E-state index contributed by atoms with van der Waals surface area (Å²) in [5.74, 6) is 0.429. The number of ketones is 1. The van der Waals surface area contributed by atoms with Crippen molar-refractivity contribution in [3.8, 4) is 0 Å². The van der Waals surface area contributed by atoms with Gasteiger partial charge in [-0.3, -0.25) is 4.79 Å². The molecule has 4 aliphatic rings. The van der Waals surface area contributed by atoms with Gasteiger partial charge in [-0.1, -0.05) is 66.6 Å². The van der Waals surface area contributed by atoms with Crippen LogP contribution in [0.3, 0.4) is 0 Å². The van der Waals surface area contributed by atoms with E-state index < -0.39 is 32.9 Å². The van der Waals surface area contributed by atoms with Crippen molar-refractivity contribution in [2.75, 3.05) is 46.9 Å². The molecule has 0 saturated heterocycles. The van der Waals surface area contributed by atoms with Crippen molar-refractivity contribution in [2.45, 2.75) is 132 Å². The second-order valence-corrected chi connectivity index (χ2v) is 17.1. The van der Waals surface area contributed by atoms with E-state index in [1.54, 1.807) is 14.0 Å². The van der Waals surface area contributed by atoms with E-state index in [1.165, 1.54) is 12.6 Å². The van der Waals surface area contributed by atoms with Crippen LogP contribution >= 0.6 is 54.0 Å². The molecule has 8 unspecified atom stereocenters. The Morgan fingerprint density at radius 1 is 1.09 bits per heavy atom. The fraction of sp³-hybridized carbons (Fsp3) is 0.889. The number of hydrogen-bond acceptors (Lipinski definition) is 12. The lowest BCUT2D eigenvalue weighted by Crippen LogP contribution is -2.62. The monoisotopic (exact) mass is 906 g/mol. The molecule has 3 saturated carbocycles. The number of aliphatic hydroxyl groups excluding tert-OH is 3. The highest BCUT2D eigenvalue weighted by Gasteiger charge is 2.70. The smallest absolute Gasteiger partial charge is 0.339 e. The molecule has 0 aliphatic heterocycles. The normalized spacial score (nSPS) is 29.1. The summed E-state index contributed by atoms with van der Waals surface area (Å²) in [6.07, 6.45) is 7.47. The fourth-order valence-electron chi connectivity index (χ4n) is 8.34. The number of likely N-dealkylation sites (N-methyl/N-ethyl adjacent to an activating group) is 1. The Morgan fingerprint density at radius 3 is 1.96 bits per heavy atom. The van der Waals surface area contributed by atoms with Gasteiger partial charge in [0, 0.05) is 50.5 Å². The number of ether oxygens (including phenoxy) is 2. The van der Waals surface area contributed by atoms with Crippen LogP contribution in [0.5, 0.6) is 0 Å². The minimum atomic E-state index is -4.06. The van der Waals surface area contributed by atoms with E-state index in [9.17, 15) is 24.0 Å². The summed E-state index contributed by atoms with van der Waals surface area (Å²) in [6, 6.07) is -0.341. The SMILES string of the molecule is C.CC.CC.CCNC(COC(=O)[C@]1(OC)CCC2C3CCC4=CC(=O)CCC4(C)C3C(O)CC21C)C(C)O.CN=[N+]=[N-].CO.CS(C)(=O)(O)OO.S.S.S.S. The second-order valence-electron chi connectivity index (χ2n) is 13.7. The number of esters is 1. The van der Waals surface area contributed by atoms with E-state index in [4.69, 9.17) is 29.9 Å². The van der Waals surface area contributed by atoms with Crippen molar-refractivity contribution in [2.24, 2.45) is 33.7 Å². The number of carbonyl (C=O) groups excluding carboxylic acids is 2. The summed E-state index contributed by atoms with van der Waals surface area (Å²) < 4.78 is 33.7. The molecule has 20 heteroatoms. The number of hydrogen-bond donors (Lipinski definition) is 6. The Labute approximate surface area is 366 Å². The number of carbonyl (C=O) groups is 2. The van der Waals surface area contributed by atoms with Crippen LogP contribution in [0.4, 0.5) is 0 Å². The highest BCUT2D eigenvalue weighted by Crippen LogP contribution is 2.68. The van der Waals surface area contributed by atoms with Crippen LogP contribution in [0, 0.1) is 28.6 Å². The summed E-state index contributed by atoms with van der Waals surface area (Å²) >= 11 is 0. The Kier molecular flexibility index (Phi) is 39.1. The molecule has 3 fully saturated rings. The van der Waals surface area contributed by atoms with Crippen molar-refractivity contribution in [3.05, 3.63) is 22.1 Å². The highest BCUT2D eigenvalue weighted by atomic mass is 32.3. The van der Waals surface area contributed by atoms with Gasteiger partial charge in [0.2, 0.25) is 0 Å². The zero-order chi connectivity index (χ0) is 40.5. The number of nitrogens with one attached hydrogen (secondary N) is 1. The van der Waals surface area contributed by atoms with E-state index in [-0.39, 0.29) is 109 Å². The first-order valence-corrected chi connectivity index (χ1v) is 20.6. The van der Waals surface area contributed by atoms with Gasteiger partial charge in [0.25, 0.3) is 0 Å². The largest absolute Gasteiger partial charge is 0.462 e. The molecule has 15 nitrogen and oxygen atoms in total. The zero-order valence-corrected chi connectivity index (χ0v) is 40.2. The standard InChI is InChI=1S/C27H43NO6.C2H8O4S.2C2H6.CH3N3.CH4O.CH4.4H2S/c1-6-28-21(16(2)29)15-34-24(32)27(33-5)12-10-20-19-8-7-17-13-18(30)9-11-25(17,3)23(19)22(31)14-26(20,27)4;1-7(2,4,5)6-3;2*1-2;1-3-4-2;1-2;;;;;/h13,16,19-23,28-29,31H,6-12,14-15H2,1-5H3;3H,1-2H3,(H,4,5);2*1-2H3;1H3;2H,1H3;1H4;4*1H2/t16?,19?,20?,21?,22?,23?,25?,26?,27-;;;;;;;;;;/m1........../s1. The highest BCUT2D eigenvalue weighted by molar-refractivity contribution is 8.09. The van der Waals surface area contributed by atoms with Crippen LogP contribution in [0.25, 0.3) is 10.4 Å². The number of rotatable bonds is 8. The van der Waals surface area contributed by atoms with Crippen LogP contribution in [0.15, 0.2) is 16.8 Å². The minimum absolute atomic E-state index is 0. The fourth-order valence-corrected chi connectivity index (χ4v) is 8.34. The van der Waals surface area contributed by atoms with E-state index >= 15 is 0 Å². The van der Waals surface area contributed by atoms with Gasteiger partial charge in [-0.15, -0.1) is 4.33 Å². The third-order valence-corrected chi connectivity index (χ3v) is 10.9. The van der Waals surface area contributed by atoms with Gasteiger partial charge in [-0.05, 0) is 86.8 Å². The maximum Gasteiger partial charge on any atom is 0.339 e. The summed E-state index contributed by atoms with van der Waals surface area (Å²) in [7, 11) is -0.0884. The van der Waals surface area contributed by atoms with Crippen molar-refractivity contribution < 1.29 is 52.7 Å². The second kappa shape index (κ2) is 31.3. The molecule has 4 aliphatic carbocycles. The van der Waals surface area contributed by atoms with Crippen LogP contribution in [-0.2, 0) is 33.0 Å². The van der Waals surface area contributed by atoms with Crippen LogP contribution in [0.1, 0.15) is 108 Å². The molecule has 0 bridgehead atoms. The number of aliphatic hydroxyl groups is 3. The third-order valence-electron chi connectivity index (χ3n) is 10.4. The van der Waals surface area contributed by atoms with Crippen molar-refractivity contribution in [1.82, 2.24) is 5.32 Å². The molecule has 0 amide bonds. The van der Waals surface area contributed by atoms with Gasteiger partial charge >= 0.3 is 5.97 Å². The van der Waals surface area contributed by atoms with E-state index in [0.717, 1.165) is 45.3 Å². The molecule has 0 radical (unpaired) electrons. The lowest BCUT2D eigenvalue weighted by Gasteiger charge is -2.60. The molecule has 0 aromatic rings. The topological polar surface area (TPSA) is 241 Å². The van der Waals surface area contributed by atoms with Crippen LogP contribution in [0.2, 0.25) is 0 Å². The minimum Gasteiger partial charge on any atom is -0.462 e. The van der Waals surface area contributed by atoms with Gasteiger partial charge in [0.15, 0.2) is 11.4 Å². The molecular formula is C36H82N4O11S5. The van der Waals surface area contributed by atoms with Gasteiger partial charge in [-0.2, -0.15) is 54.0 Å². The molecule has 9 atom stereocenters. The first-order valence-electron chi connectivity index (χ1n) is 17.9. The van der Waals surface area contributed by atoms with Gasteiger partial charge in [0.1, 0.15) is 16.2 Å². The predicted molar refractivity (Wildman–Crippen MR) is 248 cm³/mol. The van der Waals surface area contributed by atoms with Gasteiger partial charge < -0.3 is 34.7 Å². The Bertz CT molecular complexity index is 1230. The van der Waals surface area contributed by atoms with Crippen LogP contribution in [-0.4, -0.2) is 112 Å². The molecule has 0 spiro atoms. The molecule has 6 N–H and O–H groups in total. The van der Waals surface area contributed by atoms with Crippen molar-refractivity contribution >= 4 is 75.4 Å². The molecule has 0 heterocycles. The van der Waals surface area contributed by atoms with Crippen molar-refractivity contribution in [3.63, 3.8) is 0 Å². The number of nitrogens with zero attached hydrogens (tertiary/aromatic N) is 3. The van der Waals surface area contributed by atoms with E-state index in [2.05, 4.69) is 33.5 Å². The predicted octanol–water partition coefficient (Wildman–Crippen LogP) is 6.39. The molecule has 56 heavy (non-hydrogen) atoms.